The Morgan fingerprint density at radius 3 is 2.61 bits per heavy atom. The van der Waals surface area contributed by atoms with Crippen molar-refractivity contribution in [3.8, 4) is 0 Å². The van der Waals surface area contributed by atoms with Gasteiger partial charge in [0.15, 0.2) is 0 Å². The van der Waals surface area contributed by atoms with E-state index in [9.17, 15) is 5.11 Å². The fourth-order valence-corrected chi connectivity index (χ4v) is 2.47. The average molecular weight is 262 g/mol. The number of aryl methyl sites for hydroxylation is 1. The second kappa shape index (κ2) is 6.07. The zero-order chi connectivity index (χ0) is 13.0. The molecule has 1 N–H and O–H groups in total. The first-order chi connectivity index (χ1) is 8.69. The summed E-state index contributed by atoms with van der Waals surface area (Å²) in [5.74, 6) is 0.925. The Bertz CT molecular complexity index is 491. The lowest BCUT2D eigenvalue weighted by atomic mass is 10.1. The van der Waals surface area contributed by atoms with Gasteiger partial charge in [0.1, 0.15) is 0 Å². The lowest BCUT2D eigenvalue weighted by Crippen LogP contribution is -1.92. The Kier molecular flexibility index (Phi) is 4.44. The van der Waals surface area contributed by atoms with Crippen molar-refractivity contribution in [1.29, 1.82) is 0 Å². The molecule has 0 fully saturated rings. The van der Waals surface area contributed by atoms with E-state index >= 15 is 0 Å². The maximum Gasteiger partial charge on any atom is 0.0761 e. The van der Waals surface area contributed by atoms with Crippen LogP contribution in [0.5, 0.6) is 0 Å². The normalized spacial score (nSPS) is 12.6. The Balaban J connectivity index is 1.93. The molecule has 1 atom stereocenters. The van der Waals surface area contributed by atoms with Crippen molar-refractivity contribution in [2.45, 2.75) is 37.1 Å². The maximum atomic E-state index is 9.43. The Morgan fingerprint density at radius 1 is 1.33 bits per heavy atom. The molecular weight excluding hydrogens is 244 g/mol. The van der Waals surface area contributed by atoms with Crippen LogP contribution < -0.4 is 0 Å². The quantitative estimate of drug-likeness (QED) is 0.841. The second-order valence-corrected chi connectivity index (χ2v) is 5.29. The van der Waals surface area contributed by atoms with Gasteiger partial charge < -0.3 is 5.11 Å². The molecular formula is C14H18N2OS. The SMILES string of the molecule is CCn1cc(CSc2ccc(C(C)O)cc2)cn1. The fraction of sp³-hybridized carbons (Fsp3) is 0.357. The van der Waals surface area contributed by atoms with E-state index in [1.54, 1.807) is 18.7 Å². The average Bonchev–Trinajstić information content (AvgIpc) is 2.85. The fourth-order valence-electron chi connectivity index (χ4n) is 1.66. The number of aliphatic hydroxyl groups excluding tert-OH is 1. The van der Waals surface area contributed by atoms with E-state index in [0.717, 1.165) is 17.9 Å². The standard InChI is InChI=1S/C14H18N2OS/c1-3-16-9-12(8-15-16)10-18-14-6-4-13(5-7-14)11(2)17/h4-9,11,17H,3,10H2,1-2H3. The Hall–Kier alpha value is -1.26. The number of aromatic nitrogens is 2. The molecule has 0 spiro atoms. The minimum atomic E-state index is -0.396. The van der Waals surface area contributed by atoms with Crippen LogP contribution >= 0.6 is 11.8 Å². The number of benzene rings is 1. The van der Waals surface area contributed by atoms with Gasteiger partial charge in [0.2, 0.25) is 0 Å². The molecule has 1 aromatic heterocycles. The third kappa shape index (κ3) is 3.37. The summed E-state index contributed by atoms with van der Waals surface area (Å²) in [5, 5.41) is 13.7. The van der Waals surface area contributed by atoms with E-state index in [2.05, 4.69) is 30.4 Å². The first kappa shape index (κ1) is 13.2. The summed E-state index contributed by atoms with van der Waals surface area (Å²) in [5.41, 5.74) is 2.19. The van der Waals surface area contributed by atoms with Crippen molar-refractivity contribution in [3.63, 3.8) is 0 Å². The predicted molar refractivity (Wildman–Crippen MR) is 74.5 cm³/mol. The molecule has 96 valence electrons. The third-order valence-electron chi connectivity index (χ3n) is 2.78. The van der Waals surface area contributed by atoms with E-state index in [1.165, 1.54) is 10.5 Å². The molecule has 4 heteroatoms. The predicted octanol–water partition coefficient (Wildman–Crippen LogP) is 3.25. The molecule has 3 nitrogen and oxygen atoms in total. The summed E-state index contributed by atoms with van der Waals surface area (Å²) in [6, 6.07) is 8.05. The van der Waals surface area contributed by atoms with Gasteiger partial charge in [-0.3, -0.25) is 4.68 Å². The van der Waals surface area contributed by atoms with Gasteiger partial charge in [0.05, 0.1) is 12.3 Å². The monoisotopic (exact) mass is 262 g/mol. The molecule has 0 amide bonds. The van der Waals surface area contributed by atoms with Crippen LogP contribution in [-0.4, -0.2) is 14.9 Å². The summed E-state index contributed by atoms with van der Waals surface area (Å²) in [6.45, 7) is 4.77. The van der Waals surface area contributed by atoms with Crippen molar-refractivity contribution in [1.82, 2.24) is 9.78 Å². The minimum absolute atomic E-state index is 0.396. The van der Waals surface area contributed by atoms with Crippen molar-refractivity contribution in [2.24, 2.45) is 0 Å². The Morgan fingerprint density at radius 2 is 2.06 bits per heavy atom. The van der Waals surface area contributed by atoms with E-state index in [-0.39, 0.29) is 0 Å². The molecule has 1 heterocycles. The van der Waals surface area contributed by atoms with Crippen molar-refractivity contribution < 1.29 is 5.11 Å². The van der Waals surface area contributed by atoms with Gasteiger partial charge in [-0.2, -0.15) is 5.10 Å². The molecule has 0 aliphatic carbocycles. The van der Waals surface area contributed by atoms with Crippen LogP contribution in [0.3, 0.4) is 0 Å². The third-order valence-corrected chi connectivity index (χ3v) is 3.86. The summed E-state index contributed by atoms with van der Waals surface area (Å²) in [4.78, 5) is 1.21. The highest BCUT2D eigenvalue weighted by molar-refractivity contribution is 7.98. The van der Waals surface area contributed by atoms with E-state index in [4.69, 9.17) is 0 Å². The molecule has 18 heavy (non-hydrogen) atoms. The second-order valence-electron chi connectivity index (χ2n) is 4.24. The van der Waals surface area contributed by atoms with Crippen molar-refractivity contribution in [3.05, 3.63) is 47.8 Å². The topological polar surface area (TPSA) is 38.0 Å². The van der Waals surface area contributed by atoms with E-state index in [0.29, 0.717) is 0 Å². The van der Waals surface area contributed by atoms with Crippen LogP contribution in [-0.2, 0) is 12.3 Å². The zero-order valence-corrected chi connectivity index (χ0v) is 11.5. The highest BCUT2D eigenvalue weighted by Crippen LogP contribution is 2.24. The summed E-state index contributed by atoms with van der Waals surface area (Å²) in [7, 11) is 0. The Labute approximate surface area is 112 Å². The van der Waals surface area contributed by atoms with Gasteiger partial charge in [-0.15, -0.1) is 11.8 Å². The van der Waals surface area contributed by atoms with Gasteiger partial charge in [0, 0.05) is 29.0 Å². The zero-order valence-electron chi connectivity index (χ0n) is 10.7. The molecule has 0 aliphatic heterocycles. The van der Waals surface area contributed by atoms with Crippen molar-refractivity contribution >= 4 is 11.8 Å². The van der Waals surface area contributed by atoms with Crippen LogP contribution in [0.1, 0.15) is 31.1 Å². The molecule has 2 rings (SSSR count). The molecule has 0 saturated heterocycles. The van der Waals surface area contributed by atoms with Gasteiger partial charge >= 0.3 is 0 Å². The summed E-state index contributed by atoms with van der Waals surface area (Å²) >= 11 is 1.78. The maximum absolute atomic E-state index is 9.43. The highest BCUT2D eigenvalue weighted by Gasteiger charge is 2.02. The van der Waals surface area contributed by atoms with Gasteiger partial charge in [-0.1, -0.05) is 12.1 Å². The van der Waals surface area contributed by atoms with Crippen LogP contribution in [0, 0.1) is 0 Å². The van der Waals surface area contributed by atoms with Crippen LogP contribution in [0.4, 0.5) is 0 Å². The lowest BCUT2D eigenvalue weighted by Gasteiger charge is -2.05. The number of hydrogen-bond acceptors (Lipinski definition) is 3. The molecule has 0 bridgehead atoms. The summed E-state index contributed by atoms with van der Waals surface area (Å²) < 4.78 is 1.94. The molecule has 1 aromatic carbocycles. The number of hydrogen-bond donors (Lipinski definition) is 1. The van der Waals surface area contributed by atoms with Gasteiger partial charge in [-0.25, -0.2) is 0 Å². The first-order valence-corrected chi connectivity index (χ1v) is 7.09. The van der Waals surface area contributed by atoms with Crippen LogP contribution in [0.25, 0.3) is 0 Å². The lowest BCUT2D eigenvalue weighted by molar-refractivity contribution is 0.199. The van der Waals surface area contributed by atoms with E-state index in [1.807, 2.05) is 23.0 Å². The minimum Gasteiger partial charge on any atom is -0.389 e. The molecule has 0 aliphatic rings. The molecule has 0 saturated carbocycles. The first-order valence-electron chi connectivity index (χ1n) is 6.11. The number of thioether (sulfide) groups is 1. The molecule has 1 unspecified atom stereocenters. The van der Waals surface area contributed by atoms with Crippen molar-refractivity contribution in [2.75, 3.05) is 0 Å². The van der Waals surface area contributed by atoms with Gasteiger partial charge in [0.25, 0.3) is 0 Å². The molecule has 2 aromatic rings. The smallest absolute Gasteiger partial charge is 0.0761 e. The number of nitrogens with zero attached hydrogens (tertiary/aromatic N) is 2. The number of rotatable bonds is 5. The molecule has 0 radical (unpaired) electrons. The van der Waals surface area contributed by atoms with Crippen LogP contribution in [0.15, 0.2) is 41.6 Å². The largest absolute Gasteiger partial charge is 0.389 e. The highest BCUT2D eigenvalue weighted by atomic mass is 32.2. The number of aliphatic hydroxyl groups is 1. The van der Waals surface area contributed by atoms with E-state index < -0.39 is 6.10 Å². The van der Waals surface area contributed by atoms with Crippen LogP contribution in [0.2, 0.25) is 0 Å². The van der Waals surface area contributed by atoms with Gasteiger partial charge in [-0.05, 0) is 31.5 Å². The summed E-state index contributed by atoms with van der Waals surface area (Å²) in [6.07, 6.45) is 3.60.